The van der Waals surface area contributed by atoms with Gasteiger partial charge in [-0.2, -0.15) is 11.8 Å². The first kappa shape index (κ1) is 36.4. The minimum atomic E-state index is 1.34. The summed E-state index contributed by atoms with van der Waals surface area (Å²) < 4.78 is 0. The number of hydrogen-bond acceptors (Lipinski definition) is 1. The minimum absolute atomic E-state index is 1.34. The summed E-state index contributed by atoms with van der Waals surface area (Å²) in [6, 6.07) is 0. The van der Waals surface area contributed by atoms with E-state index in [9.17, 15) is 0 Å². The van der Waals surface area contributed by atoms with E-state index in [1.54, 1.807) is 0 Å². The molecule has 0 heterocycles. The molecule has 0 aromatic heterocycles. The standard InChI is InChI=1S/C35H71S/c1-3-5-7-9-11-13-15-17-18-19-20-21-23-25-27-29-31-33-35-36-34-32-30-28-26-24-22-16-14-12-10-8-6-4-2/h35H,3-34H2,1-2H3. The molecule has 0 atom stereocenters. The Morgan fingerprint density at radius 3 is 0.861 bits per heavy atom. The maximum Gasteiger partial charge on any atom is 0.0166 e. The van der Waals surface area contributed by atoms with Crippen molar-refractivity contribution in [1.82, 2.24) is 0 Å². The summed E-state index contributed by atoms with van der Waals surface area (Å²) in [5.41, 5.74) is 0. The van der Waals surface area contributed by atoms with E-state index in [2.05, 4.69) is 31.4 Å². The lowest BCUT2D eigenvalue weighted by molar-refractivity contribution is 0.527. The molecular formula is C35H71S. The highest BCUT2D eigenvalue weighted by Gasteiger charge is 1.97. The van der Waals surface area contributed by atoms with Gasteiger partial charge >= 0.3 is 0 Å². The molecule has 0 aliphatic heterocycles. The number of thioether (sulfide) groups is 1. The monoisotopic (exact) mass is 524 g/mol. The fourth-order valence-electron chi connectivity index (χ4n) is 5.32. The molecule has 36 heavy (non-hydrogen) atoms. The molecule has 1 radical (unpaired) electrons. The average molecular weight is 524 g/mol. The van der Waals surface area contributed by atoms with Gasteiger partial charge in [0.25, 0.3) is 0 Å². The summed E-state index contributed by atoms with van der Waals surface area (Å²) in [5, 5.41) is 0. The normalized spacial score (nSPS) is 11.5. The largest absolute Gasteiger partial charge is 0.157 e. The molecule has 0 aromatic carbocycles. The van der Waals surface area contributed by atoms with Gasteiger partial charge in [0.2, 0.25) is 0 Å². The third kappa shape index (κ3) is 34.4. The Balaban J connectivity index is 3.00. The maximum absolute atomic E-state index is 2.51. The molecule has 0 fully saturated rings. The van der Waals surface area contributed by atoms with Gasteiger partial charge in [-0.3, -0.25) is 0 Å². The minimum Gasteiger partial charge on any atom is -0.157 e. The number of rotatable bonds is 33. The van der Waals surface area contributed by atoms with Crippen LogP contribution in [0.3, 0.4) is 0 Å². The summed E-state index contributed by atoms with van der Waals surface area (Å²) in [7, 11) is 0. The van der Waals surface area contributed by atoms with Gasteiger partial charge in [0, 0.05) is 5.75 Å². The van der Waals surface area contributed by atoms with Gasteiger partial charge in [-0.05, 0) is 18.6 Å². The van der Waals surface area contributed by atoms with Gasteiger partial charge < -0.3 is 0 Å². The fourth-order valence-corrected chi connectivity index (χ4v) is 6.19. The molecule has 0 aliphatic carbocycles. The lowest BCUT2D eigenvalue weighted by atomic mass is 10.0. The van der Waals surface area contributed by atoms with E-state index in [0.29, 0.717) is 0 Å². The third-order valence-corrected chi connectivity index (χ3v) is 8.90. The van der Waals surface area contributed by atoms with Crippen molar-refractivity contribution >= 4 is 11.8 Å². The quantitative estimate of drug-likeness (QED) is 0.0770. The van der Waals surface area contributed by atoms with Crippen LogP contribution in [-0.4, -0.2) is 5.75 Å². The summed E-state index contributed by atoms with van der Waals surface area (Å²) in [4.78, 5) is 0. The van der Waals surface area contributed by atoms with Crippen molar-refractivity contribution in [1.29, 1.82) is 0 Å². The van der Waals surface area contributed by atoms with Gasteiger partial charge in [0.15, 0.2) is 0 Å². The van der Waals surface area contributed by atoms with Crippen LogP contribution >= 0.6 is 11.8 Å². The van der Waals surface area contributed by atoms with Crippen molar-refractivity contribution in [2.75, 3.05) is 5.75 Å². The first-order valence-corrected chi connectivity index (χ1v) is 18.4. The molecule has 0 aromatic rings. The zero-order valence-corrected chi connectivity index (χ0v) is 26.4. The highest BCUT2D eigenvalue weighted by molar-refractivity contribution is 8.01. The average Bonchev–Trinajstić information content (AvgIpc) is 2.89. The smallest absolute Gasteiger partial charge is 0.0166 e. The topological polar surface area (TPSA) is 0 Å². The van der Waals surface area contributed by atoms with E-state index >= 15 is 0 Å². The fraction of sp³-hybridized carbons (Fsp3) is 0.971. The van der Waals surface area contributed by atoms with Crippen LogP contribution in [0.1, 0.15) is 213 Å². The van der Waals surface area contributed by atoms with Crippen LogP contribution in [0.5, 0.6) is 0 Å². The zero-order valence-electron chi connectivity index (χ0n) is 25.6. The van der Waals surface area contributed by atoms with E-state index in [-0.39, 0.29) is 0 Å². The second-order valence-corrected chi connectivity index (χ2v) is 12.8. The first-order chi connectivity index (χ1) is 17.9. The Labute approximate surface area is 235 Å². The van der Waals surface area contributed by atoms with Crippen molar-refractivity contribution in [3.8, 4) is 0 Å². The molecule has 0 amide bonds. The molecule has 0 saturated carbocycles. The van der Waals surface area contributed by atoms with E-state index in [1.165, 1.54) is 205 Å². The van der Waals surface area contributed by atoms with E-state index in [1.807, 2.05) is 0 Å². The van der Waals surface area contributed by atoms with Gasteiger partial charge in [0.1, 0.15) is 0 Å². The lowest BCUT2D eigenvalue weighted by Gasteiger charge is -2.04. The Morgan fingerprint density at radius 2 is 0.556 bits per heavy atom. The van der Waals surface area contributed by atoms with Crippen LogP contribution in [0, 0.1) is 5.75 Å². The second kappa shape index (κ2) is 35.4. The molecule has 0 aliphatic rings. The van der Waals surface area contributed by atoms with Crippen LogP contribution in [0.25, 0.3) is 0 Å². The molecule has 0 rings (SSSR count). The third-order valence-electron chi connectivity index (χ3n) is 7.91. The predicted octanol–water partition coefficient (Wildman–Crippen LogP) is 14.0. The molecule has 0 bridgehead atoms. The molecule has 0 spiro atoms. The van der Waals surface area contributed by atoms with Crippen LogP contribution in [0.2, 0.25) is 0 Å². The van der Waals surface area contributed by atoms with Crippen molar-refractivity contribution in [3.63, 3.8) is 0 Å². The van der Waals surface area contributed by atoms with E-state index in [4.69, 9.17) is 0 Å². The summed E-state index contributed by atoms with van der Waals surface area (Å²) in [6.07, 6.45) is 45.3. The van der Waals surface area contributed by atoms with Crippen molar-refractivity contribution in [2.45, 2.75) is 213 Å². The SMILES string of the molecule is CCCCCCCCCCCCCCCCCCC[CH]SCCCCCCCCCCCCCCC. The molecular weight excluding hydrogens is 452 g/mol. The summed E-state index contributed by atoms with van der Waals surface area (Å²) >= 11 is 2.10. The van der Waals surface area contributed by atoms with Gasteiger partial charge in [-0.15, -0.1) is 0 Å². The molecule has 0 unspecified atom stereocenters. The molecule has 0 N–H and O–H groups in total. The number of hydrogen-bond donors (Lipinski definition) is 0. The van der Waals surface area contributed by atoms with Crippen LogP contribution < -0.4 is 0 Å². The molecule has 0 nitrogen and oxygen atoms in total. The molecule has 1 heteroatoms. The summed E-state index contributed by atoms with van der Waals surface area (Å²) in [5.74, 6) is 3.86. The van der Waals surface area contributed by atoms with E-state index < -0.39 is 0 Å². The van der Waals surface area contributed by atoms with Gasteiger partial charge in [-0.25, -0.2) is 0 Å². The Morgan fingerprint density at radius 1 is 0.306 bits per heavy atom. The van der Waals surface area contributed by atoms with Gasteiger partial charge in [0.05, 0.1) is 0 Å². The van der Waals surface area contributed by atoms with Crippen molar-refractivity contribution in [2.24, 2.45) is 0 Å². The highest BCUT2D eigenvalue weighted by Crippen LogP contribution is 2.18. The molecule has 217 valence electrons. The Kier molecular flexibility index (Phi) is 35.7. The van der Waals surface area contributed by atoms with E-state index in [0.717, 1.165) is 0 Å². The first-order valence-electron chi connectivity index (χ1n) is 17.3. The van der Waals surface area contributed by atoms with Crippen molar-refractivity contribution < 1.29 is 0 Å². The van der Waals surface area contributed by atoms with Gasteiger partial charge in [-0.1, -0.05) is 200 Å². The number of unbranched alkanes of at least 4 members (excludes halogenated alkanes) is 29. The Hall–Kier alpha value is 0.350. The maximum atomic E-state index is 2.51. The van der Waals surface area contributed by atoms with Crippen LogP contribution in [0.15, 0.2) is 0 Å². The highest BCUT2D eigenvalue weighted by atomic mass is 32.2. The lowest BCUT2D eigenvalue weighted by Crippen LogP contribution is -1.85. The van der Waals surface area contributed by atoms with Crippen molar-refractivity contribution in [3.05, 3.63) is 5.75 Å². The van der Waals surface area contributed by atoms with Crippen LogP contribution in [0.4, 0.5) is 0 Å². The summed E-state index contributed by atoms with van der Waals surface area (Å²) in [6.45, 7) is 4.61. The second-order valence-electron chi connectivity index (χ2n) is 11.7. The Bertz CT molecular complexity index is 319. The predicted molar refractivity (Wildman–Crippen MR) is 171 cm³/mol. The zero-order chi connectivity index (χ0) is 26.0. The molecule has 0 saturated heterocycles. The van der Waals surface area contributed by atoms with Crippen LogP contribution in [-0.2, 0) is 0 Å².